The zero-order valence-electron chi connectivity index (χ0n) is 15.5. The van der Waals surface area contributed by atoms with E-state index in [0.29, 0.717) is 21.7 Å². The van der Waals surface area contributed by atoms with Crippen molar-refractivity contribution < 1.29 is 14.3 Å². The lowest BCUT2D eigenvalue weighted by molar-refractivity contribution is 0.0697. The zero-order valence-corrected chi connectivity index (χ0v) is 16.3. The van der Waals surface area contributed by atoms with E-state index >= 15 is 4.39 Å². The third kappa shape index (κ3) is 2.80. The van der Waals surface area contributed by atoms with Crippen molar-refractivity contribution in [3.63, 3.8) is 0 Å². The number of carbonyl (C=O) groups is 1. The van der Waals surface area contributed by atoms with E-state index < -0.39 is 5.97 Å². The molecule has 27 heavy (non-hydrogen) atoms. The molecule has 2 nitrogen and oxygen atoms in total. The molecule has 4 heteroatoms. The van der Waals surface area contributed by atoms with Crippen LogP contribution in [0.4, 0.5) is 4.39 Å². The molecule has 0 atom stereocenters. The molecule has 0 bridgehead atoms. The average Bonchev–Trinajstić information content (AvgIpc) is 3.39. The molecule has 2 aromatic rings. The molecule has 1 saturated carbocycles. The first-order valence-corrected chi connectivity index (χ1v) is 9.60. The highest BCUT2D eigenvalue weighted by molar-refractivity contribution is 6.32. The molecule has 0 unspecified atom stereocenters. The Balaban J connectivity index is 1.85. The van der Waals surface area contributed by atoms with Crippen molar-refractivity contribution in [2.75, 3.05) is 0 Å². The Morgan fingerprint density at radius 3 is 2.22 bits per heavy atom. The third-order valence-corrected chi connectivity index (χ3v) is 6.64. The Morgan fingerprint density at radius 1 is 1.11 bits per heavy atom. The second kappa shape index (κ2) is 5.93. The van der Waals surface area contributed by atoms with Crippen LogP contribution in [-0.2, 0) is 10.8 Å². The molecule has 1 N–H and O–H groups in total. The summed E-state index contributed by atoms with van der Waals surface area (Å²) in [6, 6.07) is 8.22. The van der Waals surface area contributed by atoms with Crippen LogP contribution in [0.15, 0.2) is 36.9 Å². The number of halogens is 2. The topological polar surface area (TPSA) is 37.3 Å². The van der Waals surface area contributed by atoms with E-state index in [0.717, 1.165) is 36.8 Å². The second-order valence-corrected chi connectivity index (χ2v) is 8.90. The molecule has 0 aromatic heterocycles. The maximum absolute atomic E-state index is 15.8. The molecule has 2 aromatic carbocycles. The van der Waals surface area contributed by atoms with Gasteiger partial charge in [0.25, 0.3) is 0 Å². The van der Waals surface area contributed by atoms with E-state index in [2.05, 4.69) is 20.4 Å². The van der Waals surface area contributed by atoms with E-state index in [9.17, 15) is 4.79 Å². The number of carboxylic acids is 1. The fourth-order valence-corrected chi connectivity index (χ4v) is 4.67. The average molecular weight is 385 g/mol. The lowest BCUT2D eigenvalue weighted by Crippen LogP contribution is -2.31. The minimum Gasteiger partial charge on any atom is -0.478 e. The van der Waals surface area contributed by atoms with E-state index in [1.165, 1.54) is 12.1 Å². The zero-order chi connectivity index (χ0) is 19.6. The number of carboxylic acid groups (broad SMARTS) is 1. The highest BCUT2D eigenvalue weighted by Gasteiger charge is 2.52. The first-order chi connectivity index (χ1) is 12.7. The van der Waals surface area contributed by atoms with Gasteiger partial charge in [-0.2, -0.15) is 0 Å². The summed E-state index contributed by atoms with van der Waals surface area (Å²) in [5.74, 6) is -1.25. The highest BCUT2D eigenvalue weighted by Crippen LogP contribution is 2.60. The smallest absolute Gasteiger partial charge is 0.335 e. The SMILES string of the molecule is C=C(c1ccc(C(=O)O)cc1)c1c(Cl)cc2c(c1F)C1(CCC2(C)C)CC1. The number of aromatic carboxylic acids is 1. The predicted molar refractivity (Wildman–Crippen MR) is 106 cm³/mol. The molecule has 0 heterocycles. The maximum Gasteiger partial charge on any atom is 0.335 e. The van der Waals surface area contributed by atoms with Crippen molar-refractivity contribution in [2.45, 2.75) is 50.4 Å². The fraction of sp³-hybridized carbons (Fsp3) is 0.348. The standard InChI is InChI=1S/C23H22ClFO2/c1-13(14-4-6-15(7-5-14)21(26)27)18-17(24)12-16-19(20(18)25)23(10-11-23)9-8-22(16,2)3/h4-7,12H,1,8-11H2,2-3H3,(H,26,27). The van der Waals surface area contributed by atoms with Crippen LogP contribution in [0.3, 0.4) is 0 Å². The van der Waals surface area contributed by atoms with Crippen molar-refractivity contribution >= 4 is 23.1 Å². The van der Waals surface area contributed by atoms with E-state index in [1.54, 1.807) is 12.1 Å². The summed E-state index contributed by atoms with van der Waals surface area (Å²) < 4.78 is 15.8. The van der Waals surface area contributed by atoms with Gasteiger partial charge in [-0.05, 0) is 77.0 Å². The van der Waals surface area contributed by atoms with E-state index in [4.69, 9.17) is 16.7 Å². The van der Waals surface area contributed by atoms with E-state index in [1.807, 2.05) is 6.07 Å². The summed E-state index contributed by atoms with van der Waals surface area (Å²) in [6.07, 6.45) is 4.08. The van der Waals surface area contributed by atoms with Crippen LogP contribution >= 0.6 is 11.6 Å². The van der Waals surface area contributed by atoms with Gasteiger partial charge in [0.2, 0.25) is 0 Å². The number of hydrogen-bond acceptors (Lipinski definition) is 1. The summed E-state index contributed by atoms with van der Waals surface area (Å²) >= 11 is 6.54. The Kier molecular flexibility index (Phi) is 4.01. The molecular formula is C23H22ClFO2. The molecule has 2 aliphatic carbocycles. The molecule has 0 saturated heterocycles. The van der Waals surface area contributed by atoms with Gasteiger partial charge in [0.1, 0.15) is 5.82 Å². The molecular weight excluding hydrogens is 363 g/mol. The monoisotopic (exact) mass is 384 g/mol. The Hall–Kier alpha value is -2.13. The van der Waals surface area contributed by atoms with Crippen LogP contribution in [0.2, 0.25) is 5.02 Å². The van der Waals surface area contributed by atoms with Crippen molar-refractivity contribution in [1.82, 2.24) is 0 Å². The van der Waals surface area contributed by atoms with Crippen molar-refractivity contribution in [1.29, 1.82) is 0 Å². The summed E-state index contributed by atoms with van der Waals surface area (Å²) in [6.45, 7) is 8.37. The van der Waals surface area contributed by atoms with Gasteiger partial charge in [-0.1, -0.05) is 44.2 Å². The van der Waals surface area contributed by atoms with Crippen molar-refractivity contribution in [3.05, 3.63) is 75.6 Å². The van der Waals surface area contributed by atoms with Gasteiger partial charge < -0.3 is 5.11 Å². The van der Waals surface area contributed by atoms with Gasteiger partial charge >= 0.3 is 5.97 Å². The Labute approximate surface area is 163 Å². The molecule has 1 spiro atoms. The van der Waals surface area contributed by atoms with Crippen LogP contribution in [-0.4, -0.2) is 11.1 Å². The lowest BCUT2D eigenvalue weighted by Gasteiger charge is -2.38. The third-order valence-electron chi connectivity index (χ3n) is 6.34. The van der Waals surface area contributed by atoms with Gasteiger partial charge in [0.05, 0.1) is 10.6 Å². The van der Waals surface area contributed by atoms with Crippen LogP contribution < -0.4 is 0 Å². The van der Waals surface area contributed by atoms with Crippen LogP contribution in [0, 0.1) is 5.82 Å². The molecule has 2 aliphatic rings. The Bertz CT molecular complexity index is 969. The predicted octanol–water partition coefficient (Wildman–Crippen LogP) is 6.34. The molecule has 1 fully saturated rings. The summed E-state index contributed by atoms with van der Waals surface area (Å²) in [7, 11) is 0. The normalized spacial score (nSPS) is 18.8. The summed E-state index contributed by atoms with van der Waals surface area (Å²) in [5, 5.41) is 9.43. The first kappa shape index (κ1) is 18.2. The van der Waals surface area contributed by atoms with Crippen LogP contribution in [0.1, 0.15) is 72.1 Å². The van der Waals surface area contributed by atoms with Crippen molar-refractivity contribution in [3.8, 4) is 0 Å². The van der Waals surface area contributed by atoms with Gasteiger partial charge in [-0.25, -0.2) is 9.18 Å². The van der Waals surface area contributed by atoms with Gasteiger partial charge in [-0.15, -0.1) is 0 Å². The minimum absolute atomic E-state index is 0.0400. The first-order valence-electron chi connectivity index (χ1n) is 9.22. The number of rotatable bonds is 3. The molecule has 0 radical (unpaired) electrons. The minimum atomic E-state index is -0.997. The number of benzene rings is 2. The molecule has 0 aliphatic heterocycles. The summed E-state index contributed by atoms with van der Waals surface area (Å²) in [4.78, 5) is 11.1. The van der Waals surface area contributed by atoms with Crippen LogP contribution in [0.5, 0.6) is 0 Å². The molecule has 140 valence electrons. The van der Waals surface area contributed by atoms with Crippen LogP contribution in [0.25, 0.3) is 5.57 Å². The Morgan fingerprint density at radius 2 is 1.67 bits per heavy atom. The van der Waals surface area contributed by atoms with Gasteiger partial charge in [-0.3, -0.25) is 0 Å². The maximum atomic E-state index is 15.8. The molecule has 0 amide bonds. The highest BCUT2D eigenvalue weighted by atomic mass is 35.5. The second-order valence-electron chi connectivity index (χ2n) is 8.50. The van der Waals surface area contributed by atoms with Gasteiger partial charge in [0, 0.05) is 5.56 Å². The quantitative estimate of drug-likeness (QED) is 0.670. The number of hydrogen-bond donors (Lipinski definition) is 1. The lowest BCUT2D eigenvalue weighted by atomic mass is 9.66. The van der Waals surface area contributed by atoms with Crippen molar-refractivity contribution in [2.24, 2.45) is 0 Å². The number of fused-ring (bicyclic) bond motifs is 2. The fourth-order valence-electron chi connectivity index (χ4n) is 4.37. The van der Waals surface area contributed by atoms with E-state index in [-0.39, 0.29) is 22.2 Å². The van der Waals surface area contributed by atoms with Gasteiger partial charge in [0.15, 0.2) is 0 Å². The molecule has 4 rings (SSSR count). The largest absolute Gasteiger partial charge is 0.478 e. The summed E-state index contributed by atoms with van der Waals surface area (Å²) in [5.41, 5.74) is 3.37.